The van der Waals surface area contributed by atoms with Gasteiger partial charge in [0.1, 0.15) is 11.1 Å². The van der Waals surface area contributed by atoms with Crippen LogP contribution in [-0.4, -0.2) is 39.2 Å². The van der Waals surface area contributed by atoms with Crippen molar-refractivity contribution in [1.29, 1.82) is 5.26 Å². The van der Waals surface area contributed by atoms with Crippen LogP contribution in [0.3, 0.4) is 0 Å². The quantitative estimate of drug-likeness (QED) is 0.658. The Kier molecular flexibility index (Phi) is 5.01. The van der Waals surface area contributed by atoms with Crippen LogP contribution in [-0.2, 0) is 11.3 Å². The molecule has 1 aromatic heterocycles. The molecule has 6 nitrogen and oxygen atoms in total. The van der Waals surface area contributed by atoms with Crippen molar-refractivity contribution >= 4 is 28.7 Å². The van der Waals surface area contributed by atoms with Gasteiger partial charge < -0.3 is 14.2 Å². The van der Waals surface area contributed by atoms with E-state index in [9.17, 15) is 10.1 Å². The second-order valence-corrected chi connectivity index (χ2v) is 11.0. The molecule has 1 aliphatic heterocycles. The summed E-state index contributed by atoms with van der Waals surface area (Å²) in [5.41, 5.74) is 1.70. The highest BCUT2D eigenvalue weighted by atomic mass is 35.5. The molecule has 0 N–H and O–H groups in total. The van der Waals surface area contributed by atoms with E-state index in [2.05, 4.69) is 43.3 Å². The van der Waals surface area contributed by atoms with Gasteiger partial charge in [0.2, 0.25) is 0 Å². The highest BCUT2D eigenvalue weighted by Gasteiger charge is 2.51. The van der Waals surface area contributed by atoms with Gasteiger partial charge in [0.25, 0.3) is 0 Å². The molecule has 1 saturated carbocycles. The van der Waals surface area contributed by atoms with Gasteiger partial charge in [-0.2, -0.15) is 5.26 Å². The van der Waals surface area contributed by atoms with E-state index in [-0.39, 0.29) is 16.9 Å². The molecule has 2 unspecified atom stereocenters. The third-order valence-electron chi connectivity index (χ3n) is 6.23. The number of carbonyl (C=O) groups is 1. The topological polar surface area (TPSA) is 71.2 Å². The number of amides is 1. The maximum Gasteiger partial charge on any atom is 0.410 e. The molecular weight excluding hydrogens is 400 g/mol. The molecule has 4 rings (SSSR count). The first-order valence-electron chi connectivity index (χ1n) is 10.5. The van der Waals surface area contributed by atoms with Gasteiger partial charge in [0.05, 0.1) is 35.0 Å². The number of hydrogen-bond acceptors (Lipinski definition) is 4. The number of ether oxygens (including phenoxy) is 1. The molecule has 1 spiro atoms. The summed E-state index contributed by atoms with van der Waals surface area (Å²) in [5, 5.41) is 9.80. The summed E-state index contributed by atoms with van der Waals surface area (Å²) in [7, 11) is 0. The van der Waals surface area contributed by atoms with Gasteiger partial charge in [0.15, 0.2) is 0 Å². The van der Waals surface area contributed by atoms with Crippen molar-refractivity contribution in [3.05, 3.63) is 29.0 Å². The van der Waals surface area contributed by atoms with E-state index in [1.807, 2.05) is 11.0 Å². The van der Waals surface area contributed by atoms with Crippen LogP contribution >= 0.6 is 11.6 Å². The lowest BCUT2D eigenvalue weighted by Gasteiger charge is -2.43. The maximum atomic E-state index is 12.6. The van der Waals surface area contributed by atoms with E-state index in [1.54, 1.807) is 12.4 Å². The summed E-state index contributed by atoms with van der Waals surface area (Å²) in [4.78, 5) is 18.9. The summed E-state index contributed by atoms with van der Waals surface area (Å²) in [6, 6.07) is 5.67. The van der Waals surface area contributed by atoms with Crippen LogP contribution in [0, 0.1) is 22.2 Å². The van der Waals surface area contributed by atoms with Gasteiger partial charge in [-0.1, -0.05) is 39.3 Å². The SMILES string of the molecule is CC(C)(C)CN1CC2(CCCC(C)(Cn3cnc4c(Cl)cc(C#N)cc43)C2)OC1=O. The Bertz CT molecular complexity index is 1030. The van der Waals surface area contributed by atoms with Crippen molar-refractivity contribution in [2.75, 3.05) is 13.1 Å². The summed E-state index contributed by atoms with van der Waals surface area (Å²) < 4.78 is 8.09. The number of benzene rings is 1. The Morgan fingerprint density at radius 1 is 1.33 bits per heavy atom. The van der Waals surface area contributed by atoms with E-state index < -0.39 is 5.60 Å². The smallest absolute Gasteiger partial charge is 0.410 e. The molecule has 0 radical (unpaired) electrons. The Balaban J connectivity index is 1.57. The van der Waals surface area contributed by atoms with Crippen molar-refractivity contribution in [2.45, 2.75) is 65.5 Å². The van der Waals surface area contributed by atoms with Gasteiger partial charge >= 0.3 is 6.09 Å². The Morgan fingerprint density at radius 3 is 2.80 bits per heavy atom. The Morgan fingerprint density at radius 2 is 2.10 bits per heavy atom. The van der Waals surface area contributed by atoms with Crippen molar-refractivity contribution in [3.63, 3.8) is 0 Å². The van der Waals surface area contributed by atoms with Gasteiger partial charge in [0, 0.05) is 13.1 Å². The molecule has 2 heterocycles. The van der Waals surface area contributed by atoms with E-state index in [0.717, 1.165) is 37.7 Å². The van der Waals surface area contributed by atoms with Crippen LogP contribution in [0.25, 0.3) is 11.0 Å². The number of halogens is 1. The number of rotatable bonds is 3. The van der Waals surface area contributed by atoms with Crippen molar-refractivity contribution in [2.24, 2.45) is 10.8 Å². The van der Waals surface area contributed by atoms with Crippen molar-refractivity contribution < 1.29 is 9.53 Å². The highest BCUT2D eigenvalue weighted by Crippen LogP contribution is 2.47. The van der Waals surface area contributed by atoms with Gasteiger partial charge in [-0.05, 0) is 48.6 Å². The summed E-state index contributed by atoms with van der Waals surface area (Å²) in [6.07, 6.45) is 5.41. The third-order valence-corrected chi connectivity index (χ3v) is 6.52. The predicted molar refractivity (Wildman–Crippen MR) is 116 cm³/mol. The van der Waals surface area contributed by atoms with Crippen LogP contribution in [0.15, 0.2) is 18.5 Å². The second kappa shape index (κ2) is 7.16. The fourth-order valence-electron chi connectivity index (χ4n) is 5.26. The van der Waals surface area contributed by atoms with E-state index in [1.165, 1.54) is 0 Å². The van der Waals surface area contributed by atoms with Gasteiger partial charge in [-0.3, -0.25) is 0 Å². The lowest BCUT2D eigenvalue weighted by Crippen LogP contribution is -2.45. The number of aromatic nitrogens is 2. The minimum atomic E-state index is -0.415. The molecular formula is C23H29ClN4O2. The number of hydrogen-bond donors (Lipinski definition) is 0. The second-order valence-electron chi connectivity index (χ2n) is 10.6. The monoisotopic (exact) mass is 428 g/mol. The van der Waals surface area contributed by atoms with Crippen LogP contribution in [0.2, 0.25) is 5.02 Å². The third kappa shape index (κ3) is 4.00. The van der Waals surface area contributed by atoms with E-state index >= 15 is 0 Å². The van der Waals surface area contributed by atoms with Gasteiger partial charge in [-0.15, -0.1) is 0 Å². The number of nitriles is 1. The summed E-state index contributed by atoms with van der Waals surface area (Å²) in [6.45, 7) is 10.8. The Labute approximate surface area is 182 Å². The molecule has 1 amide bonds. The number of fused-ring (bicyclic) bond motifs is 1. The zero-order valence-corrected chi connectivity index (χ0v) is 18.9. The minimum Gasteiger partial charge on any atom is -0.441 e. The van der Waals surface area contributed by atoms with Crippen LogP contribution < -0.4 is 0 Å². The van der Waals surface area contributed by atoms with Crippen LogP contribution in [0.5, 0.6) is 0 Å². The predicted octanol–water partition coefficient (Wildman–Crippen LogP) is 5.38. The van der Waals surface area contributed by atoms with Crippen LogP contribution in [0.4, 0.5) is 4.79 Å². The molecule has 2 aliphatic rings. The fourth-order valence-corrected chi connectivity index (χ4v) is 5.52. The zero-order chi connectivity index (χ0) is 21.7. The molecule has 1 saturated heterocycles. The molecule has 1 aromatic carbocycles. The largest absolute Gasteiger partial charge is 0.441 e. The minimum absolute atomic E-state index is 0.0377. The van der Waals surface area contributed by atoms with E-state index in [0.29, 0.717) is 29.2 Å². The summed E-state index contributed by atoms with van der Waals surface area (Å²) in [5.74, 6) is 0. The maximum absolute atomic E-state index is 12.6. The lowest BCUT2D eigenvalue weighted by molar-refractivity contribution is -0.0270. The van der Waals surface area contributed by atoms with E-state index in [4.69, 9.17) is 16.3 Å². The normalized spacial score (nSPS) is 26.9. The number of nitrogens with zero attached hydrogens (tertiary/aromatic N) is 4. The lowest BCUT2D eigenvalue weighted by atomic mass is 9.68. The average molecular weight is 429 g/mol. The standard InChI is InChI=1S/C23H29ClN4O2/c1-21(2,3)12-27-14-23(30-20(27)29)7-5-6-22(4,11-23)13-28-15-26-19-17(24)8-16(10-25)9-18(19)28/h8-9,15H,5-7,11-14H2,1-4H3. The fraction of sp³-hybridized carbons (Fsp3) is 0.609. The molecule has 0 bridgehead atoms. The molecule has 1 aliphatic carbocycles. The molecule has 2 aromatic rings. The molecule has 7 heteroatoms. The molecule has 2 fully saturated rings. The van der Waals surface area contributed by atoms with Crippen LogP contribution in [0.1, 0.15) is 58.9 Å². The molecule has 160 valence electrons. The van der Waals surface area contributed by atoms with Gasteiger partial charge in [-0.25, -0.2) is 9.78 Å². The zero-order valence-electron chi connectivity index (χ0n) is 18.2. The number of carbonyl (C=O) groups excluding carboxylic acids is 1. The summed E-state index contributed by atoms with van der Waals surface area (Å²) >= 11 is 6.33. The number of imidazole rings is 1. The van der Waals surface area contributed by atoms with Crippen molar-refractivity contribution in [1.82, 2.24) is 14.5 Å². The van der Waals surface area contributed by atoms with Crippen molar-refractivity contribution in [3.8, 4) is 6.07 Å². The highest BCUT2D eigenvalue weighted by molar-refractivity contribution is 6.35. The first-order valence-corrected chi connectivity index (χ1v) is 10.9. The Hall–Kier alpha value is -2.26. The average Bonchev–Trinajstić information content (AvgIpc) is 3.14. The first kappa shape index (κ1) is 21.0. The molecule has 30 heavy (non-hydrogen) atoms. The molecule has 2 atom stereocenters. The first-order chi connectivity index (χ1) is 14.0.